The van der Waals surface area contributed by atoms with Gasteiger partial charge < -0.3 is 10.4 Å². The van der Waals surface area contributed by atoms with Crippen LogP contribution >= 0.6 is 11.6 Å². The van der Waals surface area contributed by atoms with E-state index >= 15 is 0 Å². The van der Waals surface area contributed by atoms with Crippen LogP contribution in [0, 0.1) is 16.0 Å². The first-order chi connectivity index (χ1) is 9.97. The highest BCUT2D eigenvalue weighted by molar-refractivity contribution is 6.31. The van der Waals surface area contributed by atoms with Crippen molar-refractivity contribution in [1.82, 2.24) is 5.32 Å². The summed E-state index contributed by atoms with van der Waals surface area (Å²) in [4.78, 5) is 10.7. The largest absolute Gasteiger partial charge is 0.394 e. The Morgan fingerprint density at radius 2 is 2.14 bits per heavy atom. The second-order valence-corrected chi connectivity index (χ2v) is 6.38. The molecule has 0 spiro atoms. The Morgan fingerprint density at radius 1 is 1.48 bits per heavy atom. The van der Waals surface area contributed by atoms with E-state index in [4.69, 9.17) is 11.6 Å². The van der Waals surface area contributed by atoms with Gasteiger partial charge in [0.1, 0.15) is 0 Å². The smallest absolute Gasteiger partial charge is 0.275 e. The van der Waals surface area contributed by atoms with Crippen molar-refractivity contribution in [2.75, 3.05) is 6.61 Å². The number of benzene rings is 1. The van der Waals surface area contributed by atoms with E-state index in [-0.39, 0.29) is 17.8 Å². The van der Waals surface area contributed by atoms with Crippen molar-refractivity contribution in [2.24, 2.45) is 5.92 Å². The van der Waals surface area contributed by atoms with Crippen molar-refractivity contribution in [3.63, 3.8) is 0 Å². The maximum absolute atomic E-state index is 11.1. The van der Waals surface area contributed by atoms with Gasteiger partial charge in [0.15, 0.2) is 0 Å². The summed E-state index contributed by atoms with van der Waals surface area (Å²) < 4.78 is 0. The first kappa shape index (κ1) is 16.2. The Morgan fingerprint density at radius 3 is 2.71 bits per heavy atom. The van der Waals surface area contributed by atoms with Crippen LogP contribution in [0.1, 0.15) is 38.2 Å². The molecule has 2 rings (SSSR count). The highest BCUT2D eigenvalue weighted by Gasteiger charge is 2.33. The molecule has 0 amide bonds. The monoisotopic (exact) mass is 312 g/mol. The molecular formula is C15H21ClN2O3. The molecule has 0 aliphatic heterocycles. The molecule has 116 valence electrons. The van der Waals surface area contributed by atoms with Crippen LogP contribution in [0.15, 0.2) is 18.2 Å². The lowest BCUT2D eigenvalue weighted by Crippen LogP contribution is -2.50. The summed E-state index contributed by atoms with van der Waals surface area (Å²) in [7, 11) is 0. The van der Waals surface area contributed by atoms with Crippen molar-refractivity contribution < 1.29 is 10.0 Å². The molecule has 5 nitrogen and oxygen atoms in total. The lowest BCUT2D eigenvalue weighted by molar-refractivity contribution is -0.385. The highest BCUT2D eigenvalue weighted by atomic mass is 35.5. The molecular weight excluding hydrogens is 292 g/mol. The fourth-order valence-electron chi connectivity index (χ4n) is 2.87. The van der Waals surface area contributed by atoms with Gasteiger partial charge in [0, 0.05) is 18.2 Å². The van der Waals surface area contributed by atoms with Crippen molar-refractivity contribution >= 4 is 17.3 Å². The Balaban J connectivity index is 2.13. The average Bonchev–Trinajstić information content (AvgIpc) is 2.48. The SMILES string of the molecule is CC1CCC(CO)(NCc2c(Cl)cccc2[N+](=O)[O-])CC1. The molecule has 1 aromatic carbocycles. The fourth-order valence-corrected chi connectivity index (χ4v) is 3.11. The molecule has 1 aliphatic carbocycles. The van der Waals surface area contributed by atoms with E-state index in [1.54, 1.807) is 12.1 Å². The minimum absolute atomic E-state index is 0.0206. The van der Waals surface area contributed by atoms with Crippen LogP contribution in [0.5, 0.6) is 0 Å². The number of hydrogen-bond donors (Lipinski definition) is 2. The third-order valence-corrected chi connectivity index (χ3v) is 4.82. The summed E-state index contributed by atoms with van der Waals surface area (Å²) in [5, 5.41) is 24.5. The van der Waals surface area contributed by atoms with Crippen LogP contribution in [-0.2, 0) is 6.54 Å². The van der Waals surface area contributed by atoms with Gasteiger partial charge in [0.2, 0.25) is 0 Å². The standard InChI is InChI=1S/C15H21ClN2O3/c1-11-5-7-15(10-19,8-6-11)17-9-12-13(16)3-2-4-14(12)18(20)21/h2-4,11,17,19H,5-10H2,1H3. The predicted octanol–water partition coefficient (Wildman–Crippen LogP) is 3.28. The highest BCUT2D eigenvalue weighted by Crippen LogP contribution is 2.33. The molecule has 6 heteroatoms. The van der Waals surface area contributed by atoms with Gasteiger partial charge in [-0.2, -0.15) is 0 Å². The van der Waals surface area contributed by atoms with Gasteiger partial charge in [-0.15, -0.1) is 0 Å². The quantitative estimate of drug-likeness (QED) is 0.646. The summed E-state index contributed by atoms with van der Waals surface area (Å²) in [5.74, 6) is 0.668. The molecule has 1 saturated carbocycles. The topological polar surface area (TPSA) is 75.4 Å². The van der Waals surface area contributed by atoms with E-state index in [9.17, 15) is 15.2 Å². The zero-order valence-electron chi connectivity index (χ0n) is 12.1. The summed E-state index contributed by atoms with van der Waals surface area (Å²) in [6, 6.07) is 4.69. The minimum atomic E-state index is -0.419. The van der Waals surface area contributed by atoms with Gasteiger partial charge in [0.25, 0.3) is 5.69 Å². The van der Waals surface area contributed by atoms with Gasteiger partial charge in [-0.05, 0) is 37.7 Å². The van der Waals surface area contributed by atoms with E-state index in [0.717, 1.165) is 25.7 Å². The zero-order chi connectivity index (χ0) is 15.5. The first-order valence-electron chi connectivity index (χ1n) is 7.25. The molecule has 0 bridgehead atoms. The van der Waals surface area contributed by atoms with E-state index < -0.39 is 4.92 Å². The molecule has 0 heterocycles. The predicted molar refractivity (Wildman–Crippen MR) is 82.4 cm³/mol. The second kappa shape index (κ2) is 6.73. The number of nitro benzene ring substituents is 1. The molecule has 0 unspecified atom stereocenters. The Kier molecular flexibility index (Phi) is 5.19. The van der Waals surface area contributed by atoms with Gasteiger partial charge in [-0.1, -0.05) is 24.6 Å². The minimum Gasteiger partial charge on any atom is -0.394 e. The molecule has 0 radical (unpaired) electrons. The fraction of sp³-hybridized carbons (Fsp3) is 0.600. The van der Waals surface area contributed by atoms with Crippen molar-refractivity contribution in [3.05, 3.63) is 38.9 Å². The summed E-state index contributed by atoms with van der Waals surface area (Å²) in [6.07, 6.45) is 3.86. The zero-order valence-corrected chi connectivity index (χ0v) is 12.9. The number of rotatable bonds is 5. The van der Waals surface area contributed by atoms with E-state index in [2.05, 4.69) is 12.2 Å². The molecule has 0 atom stereocenters. The summed E-state index contributed by atoms with van der Waals surface area (Å²) in [5.41, 5.74) is 0.155. The summed E-state index contributed by atoms with van der Waals surface area (Å²) >= 11 is 6.10. The Bertz CT molecular complexity index is 514. The maximum atomic E-state index is 11.1. The lowest BCUT2D eigenvalue weighted by atomic mass is 9.77. The molecule has 21 heavy (non-hydrogen) atoms. The number of aliphatic hydroxyl groups excluding tert-OH is 1. The van der Waals surface area contributed by atoms with Crippen molar-refractivity contribution in [2.45, 2.75) is 44.7 Å². The summed E-state index contributed by atoms with van der Waals surface area (Å²) in [6.45, 7) is 2.54. The van der Waals surface area contributed by atoms with E-state index in [1.807, 2.05) is 0 Å². The van der Waals surface area contributed by atoms with Crippen LogP contribution in [-0.4, -0.2) is 22.2 Å². The second-order valence-electron chi connectivity index (χ2n) is 5.97. The number of nitro groups is 1. The molecule has 0 saturated heterocycles. The van der Waals surface area contributed by atoms with Gasteiger partial charge in [-0.25, -0.2) is 0 Å². The third-order valence-electron chi connectivity index (χ3n) is 4.47. The Hall–Kier alpha value is -1.17. The van der Waals surface area contributed by atoms with Crippen LogP contribution in [0.4, 0.5) is 5.69 Å². The maximum Gasteiger partial charge on any atom is 0.275 e. The van der Waals surface area contributed by atoms with Crippen molar-refractivity contribution in [3.8, 4) is 0 Å². The van der Waals surface area contributed by atoms with Gasteiger partial charge in [-0.3, -0.25) is 10.1 Å². The molecule has 0 aromatic heterocycles. The number of nitrogens with one attached hydrogen (secondary N) is 1. The van der Waals surface area contributed by atoms with Crippen LogP contribution in [0.3, 0.4) is 0 Å². The van der Waals surface area contributed by atoms with Crippen LogP contribution in [0.25, 0.3) is 0 Å². The normalized spacial score (nSPS) is 25.8. The molecule has 1 aliphatic rings. The number of halogens is 1. The lowest BCUT2D eigenvalue weighted by Gasteiger charge is -2.39. The van der Waals surface area contributed by atoms with E-state index in [0.29, 0.717) is 23.0 Å². The average molecular weight is 313 g/mol. The van der Waals surface area contributed by atoms with Gasteiger partial charge >= 0.3 is 0 Å². The number of hydrogen-bond acceptors (Lipinski definition) is 4. The molecule has 2 N–H and O–H groups in total. The van der Waals surface area contributed by atoms with E-state index in [1.165, 1.54) is 6.07 Å². The molecule has 1 aromatic rings. The number of nitrogens with zero attached hydrogens (tertiary/aromatic N) is 1. The number of aliphatic hydroxyl groups is 1. The van der Waals surface area contributed by atoms with Crippen LogP contribution in [0.2, 0.25) is 5.02 Å². The third kappa shape index (κ3) is 3.73. The van der Waals surface area contributed by atoms with Crippen LogP contribution < -0.4 is 5.32 Å². The van der Waals surface area contributed by atoms with Gasteiger partial charge in [0.05, 0.1) is 22.1 Å². The van der Waals surface area contributed by atoms with Crippen molar-refractivity contribution in [1.29, 1.82) is 0 Å². The molecule has 1 fully saturated rings. The first-order valence-corrected chi connectivity index (χ1v) is 7.63. The Labute approximate surface area is 129 Å².